The van der Waals surface area contributed by atoms with Crippen LogP contribution in [0.3, 0.4) is 0 Å². The summed E-state index contributed by atoms with van der Waals surface area (Å²) in [7, 11) is 1.19. The van der Waals surface area contributed by atoms with Crippen molar-refractivity contribution < 1.29 is 33.5 Å². The van der Waals surface area contributed by atoms with E-state index in [1.807, 2.05) is 69.3 Å². The van der Waals surface area contributed by atoms with E-state index in [9.17, 15) is 24.5 Å². The number of amides is 2. The van der Waals surface area contributed by atoms with Crippen molar-refractivity contribution in [3.8, 4) is 11.1 Å². The van der Waals surface area contributed by atoms with Crippen LogP contribution in [-0.4, -0.2) is 60.4 Å². The number of alkyl carbamates (subject to hydrolysis) is 1. The maximum Gasteiger partial charge on any atom is 0.407 e. The van der Waals surface area contributed by atoms with Crippen LogP contribution in [0.5, 0.6) is 0 Å². The number of carbonyl (C=O) groups is 3. The van der Waals surface area contributed by atoms with Crippen LogP contribution in [0.2, 0.25) is 0 Å². The van der Waals surface area contributed by atoms with Crippen molar-refractivity contribution in [2.75, 3.05) is 13.7 Å². The van der Waals surface area contributed by atoms with E-state index in [1.165, 1.54) is 31.4 Å². The number of carbonyl (C=O) groups excluding carboxylic acids is 3. The summed E-state index contributed by atoms with van der Waals surface area (Å²) in [6.07, 6.45) is -1.63. The number of hydrogen-bond donors (Lipinski definition) is 2. The molecule has 4 rings (SSSR count). The van der Waals surface area contributed by atoms with E-state index in [4.69, 9.17) is 14.2 Å². The van der Waals surface area contributed by atoms with Crippen LogP contribution in [0, 0.1) is 10.1 Å². The van der Waals surface area contributed by atoms with Gasteiger partial charge in [0.25, 0.3) is 5.69 Å². The fourth-order valence-electron chi connectivity index (χ4n) is 5.38. The summed E-state index contributed by atoms with van der Waals surface area (Å²) in [6, 6.07) is 19.2. The average Bonchev–Trinajstić information content (AvgIpc) is 3.30. The second kappa shape index (κ2) is 13.7. The molecule has 11 nitrogen and oxygen atoms in total. The summed E-state index contributed by atoms with van der Waals surface area (Å²) in [5.41, 5.74) is 4.08. The molecule has 0 aromatic heterocycles. The van der Waals surface area contributed by atoms with Crippen LogP contribution in [0.1, 0.15) is 50.3 Å². The van der Waals surface area contributed by atoms with Crippen molar-refractivity contribution in [1.29, 1.82) is 0 Å². The molecule has 0 saturated heterocycles. The molecule has 0 spiro atoms. The first kappa shape index (κ1) is 32.2. The number of benzene rings is 3. The number of methoxy groups -OCH3 is 1. The average molecular weight is 604 g/mol. The van der Waals surface area contributed by atoms with E-state index in [1.54, 1.807) is 6.92 Å². The molecule has 3 aromatic carbocycles. The van der Waals surface area contributed by atoms with Crippen molar-refractivity contribution >= 4 is 23.7 Å². The molecule has 2 N–H and O–H groups in total. The Morgan fingerprint density at radius 1 is 0.909 bits per heavy atom. The first-order valence-electron chi connectivity index (χ1n) is 14.3. The molecule has 44 heavy (non-hydrogen) atoms. The van der Waals surface area contributed by atoms with Gasteiger partial charge >= 0.3 is 12.1 Å². The van der Waals surface area contributed by atoms with Gasteiger partial charge in [-0.25, -0.2) is 9.59 Å². The molecule has 232 valence electrons. The highest BCUT2D eigenvalue weighted by atomic mass is 16.6. The number of fused-ring (bicyclic) bond motifs is 3. The molecule has 11 heteroatoms. The minimum Gasteiger partial charge on any atom is -0.467 e. The Morgan fingerprint density at radius 2 is 1.48 bits per heavy atom. The van der Waals surface area contributed by atoms with Gasteiger partial charge in [0, 0.05) is 24.5 Å². The van der Waals surface area contributed by atoms with Crippen LogP contribution >= 0.6 is 0 Å². The molecular weight excluding hydrogens is 566 g/mol. The third-order valence-electron chi connectivity index (χ3n) is 7.30. The summed E-state index contributed by atoms with van der Waals surface area (Å²) >= 11 is 0. The minimum absolute atomic E-state index is 0.00256. The van der Waals surface area contributed by atoms with Gasteiger partial charge in [0.15, 0.2) is 0 Å². The van der Waals surface area contributed by atoms with E-state index in [-0.39, 0.29) is 24.6 Å². The van der Waals surface area contributed by atoms with Crippen molar-refractivity contribution in [1.82, 2.24) is 10.6 Å². The maximum atomic E-state index is 13.6. The molecule has 0 fully saturated rings. The fourth-order valence-corrected chi connectivity index (χ4v) is 5.38. The third kappa shape index (κ3) is 7.78. The molecule has 0 aliphatic heterocycles. The SMILES string of the molecule is COC(=O)[C@H](Cc1ccc([N+](=O)[O-])cc1)NC(=O)[C@@H](NC(=O)OCC1c2ccccc2-c2ccccc21)[C@@H](C)OC(C)(C)C. The minimum atomic E-state index is -1.23. The summed E-state index contributed by atoms with van der Waals surface area (Å²) in [5.74, 6) is -1.58. The molecule has 1 aliphatic carbocycles. The molecule has 3 aromatic rings. The van der Waals surface area contributed by atoms with Gasteiger partial charge in [-0.15, -0.1) is 0 Å². The maximum absolute atomic E-state index is 13.6. The number of nitrogens with zero attached hydrogens (tertiary/aromatic N) is 1. The summed E-state index contributed by atoms with van der Waals surface area (Å²) < 4.78 is 16.6. The number of nitro benzene ring substituents is 1. The Kier molecular flexibility index (Phi) is 10.00. The van der Waals surface area contributed by atoms with Crippen molar-refractivity contribution in [3.05, 3.63) is 99.6 Å². The summed E-state index contributed by atoms with van der Waals surface area (Å²) in [6.45, 7) is 7.14. The number of nitro groups is 1. The van der Waals surface area contributed by atoms with Crippen LogP contribution in [0.15, 0.2) is 72.8 Å². The summed E-state index contributed by atoms with van der Waals surface area (Å²) in [5, 5.41) is 16.3. The molecule has 0 unspecified atom stereocenters. The number of esters is 1. The lowest BCUT2D eigenvalue weighted by molar-refractivity contribution is -0.384. The van der Waals surface area contributed by atoms with Crippen LogP contribution in [0.4, 0.5) is 10.5 Å². The standard InChI is InChI=1S/C33H37N3O8/c1-20(44-33(2,3)4)29(30(37)34-28(31(38)42-5)18-21-14-16-22(17-15-21)36(40)41)35-32(39)43-19-27-25-12-8-6-10-23(25)24-11-7-9-13-26(24)27/h6-17,20,27-29H,18-19H2,1-5H3,(H,34,37)(H,35,39)/t20-,28+,29+/m1/s1. The number of hydrogen-bond acceptors (Lipinski definition) is 8. The fraction of sp³-hybridized carbons (Fsp3) is 0.364. The zero-order valence-electron chi connectivity index (χ0n) is 25.4. The number of rotatable bonds is 11. The first-order valence-corrected chi connectivity index (χ1v) is 14.3. The highest BCUT2D eigenvalue weighted by molar-refractivity contribution is 5.90. The van der Waals surface area contributed by atoms with Crippen molar-refractivity contribution in [2.24, 2.45) is 0 Å². The molecule has 0 saturated carbocycles. The Hall–Kier alpha value is -4.77. The summed E-state index contributed by atoms with van der Waals surface area (Å²) in [4.78, 5) is 49.9. The van der Waals surface area contributed by atoms with E-state index >= 15 is 0 Å². The number of ether oxygens (including phenoxy) is 3. The Bertz CT molecular complexity index is 1470. The first-order chi connectivity index (χ1) is 20.9. The Morgan fingerprint density at radius 3 is 2.00 bits per heavy atom. The lowest BCUT2D eigenvalue weighted by atomic mass is 9.98. The number of non-ortho nitro benzene ring substituents is 1. The van der Waals surface area contributed by atoms with Crippen LogP contribution in [0.25, 0.3) is 11.1 Å². The zero-order chi connectivity index (χ0) is 32.0. The normalized spacial score (nSPS) is 14.4. The van der Waals surface area contributed by atoms with E-state index in [2.05, 4.69) is 10.6 Å². The molecule has 0 heterocycles. The zero-order valence-corrected chi connectivity index (χ0v) is 25.4. The van der Waals surface area contributed by atoms with Gasteiger partial charge in [0.05, 0.1) is 23.7 Å². The molecule has 0 bridgehead atoms. The van der Waals surface area contributed by atoms with Crippen LogP contribution in [-0.2, 0) is 30.2 Å². The Labute approximate surface area is 256 Å². The molecule has 0 radical (unpaired) electrons. The molecule has 3 atom stereocenters. The van der Waals surface area contributed by atoms with Gasteiger partial charge < -0.3 is 24.8 Å². The highest BCUT2D eigenvalue weighted by Crippen LogP contribution is 2.44. The predicted octanol–water partition coefficient (Wildman–Crippen LogP) is 4.91. The van der Waals surface area contributed by atoms with Crippen molar-refractivity contribution in [3.63, 3.8) is 0 Å². The Balaban J connectivity index is 1.49. The second-order valence-electron chi connectivity index (χ2n) is 11.6. The molecular formula is C33H37N3O8. The lowest BCUT2D eigenvalue weighted by Crippen LogP contribution is -2.57. The quantitative estimate of drug-likeness (QED) is 0.179. The van der Waals surface area contributed by atoms with Gasteiger partial charge in [0.1, 0.15) is 18.7 Å². The number of nitrogens with one attached hydrogen (secondary N) is 2. The van der Waals surface area contributed by atoms with Gasteiger partial charge in [-0.2, -0.15) is 0 Å². The van der Waals surface area contributed by atoms with Gasteiger partial charge in [-0.1, -0.05) is 60.7 Å². The van der Waals surface area contributed by atoms with Gasteiger partial charge in [0.2, 0.25) is 5.91 Å². The topological polar surface area (TPSA) is 146 Å². The highest BCUT2D eigenvalue weighted by Gasteiger charge is 2.35. The van der Waals surface area contributed by atoms with E-state index in [0.29, 0.717) is 5.56 Å². The van der Waals surface area contributed by atoms with Gasteiger partial charge in [-0.3, -0.25) is 14.9 Å². The largest absolute Gasteiger partial charge is 0.467 e. The predicted molar refractivity (Wildman–Crippen MR) is 163 cm³/mol. The monoisotopic (exact) mass is 603 g/mol. The van der Waals surface area contributed by atoms with Crippen molar-refractivity contribution in [2.45, 2.75) is 63.8 Å². The van der Waals surface area contributed by atoms with Crippen LogP contribution < -0.4 is 10.6 Å². The molecule has 2 amide bonds. The van der Waals surface area contributed by atoms with E-state index in [0.717, 1.165) is 22.3 Å². The van der Waals surface area contributed by atoms with Gasteiger partial charge in [-0.05, 0) is 55.5 Å². The smallest absolute Gasteiger partial charge is 0.407 e. The second-order valence-corrected chi connectivity index (χ2v) is 11.6. The lowest BCUT2D eigenvalue weighted by Gasteiger charge is -2.31. The molecule has 1 aliphatic rings. The third-order valence-corrected chi connectivity index (χ3v) is 7.30. The van der Waals surface area contributed by atoms with E-state index < -0.39 is 46.7 Å².